The Bertz CT molecular complexity index is 742. The summed E-state index contributed by atoms with van der Waals surface area (Å²) >= 11 is 0. The van der Waals surface area contributed by atoms with Crippen LogP contribution < -0.4 is 11.5 Å². The summed E-state index contributed by atoms with van der Waals surface area (Å²) in [6.45, 7) is 0. The van der Waals surface area contributed by atoms with Gasteiger partial charge < -0.3 is 11.5 Å². The fourth-order valence-electron chi connectivity index (χ4n) is 3.65. The summed E-state index contributed by atoms with van der Waals surface area (Å²) in [6, 6.07) is 16.3. The fourth-order valence-corrected chi connectivity index (χ4v) is 3.65. The zero-order valence-corrected chi connectivity index (χ0v) is 15.8. The van der Waals surface area contributed by atoms with Crippen molar-refractivity contribution in [3.63, 3.8) is 0 Å². The van der Waals surface area contributed by atoms with Gasteiger partial charge in [-0.15, -0.1) is 0 Å². The van der Waals surface area contributed by atoms with Gasteiger partial charge >= 0.3 is 0 Å². The van der Waals surface area contributed by atoms with Crippen LogP contribution in [0.15, 0.2) is 54.1 Å². The second kappa shape index (κ2) is 8.86. The van der Waals surface area contributed by atoms with Gasteiger partial charge in [0.05, 0.1) is 0 Å². The number of nitrogen functional groups attached to an aromatic ring is 2. The maximum Gasteiger partial charge on any atom is 0.0314 e. The topological polar surface area (TPSA) is 52.0 Å². The van der Waals surface area contributed by atoms with Crippen LogP contribution in [0, 0.1) is 63.2 Å². The van der Waals surface area contributed by atoms with E-state index in [9.17, 15) is 0 Å². The molecule has 2 aromatic carbocycles. The third-order valence-electron chi connectivity index (χ3n) is 5.11. The smallest absolute Gasteiger partial charge is 0.0314 e. The van der Waals surface area contributed by atoms with E-state index >= 15 is 0 Å². The van der Waals surface area contributed by atoms with E-state index < -0.39 is 0 Å². The first kappa shape index (κ1) is 19.1. The molecule has 0 aromatic heterocycles. The molecule has 0 spiro atoms. The van der Waals surface area contributed by atoms with E-state index in [1.165, 1.54) is 23.0 Å². The lowest BCUT2D eigenvalue weighted by Crippen LogP contribution is -2.06. The van der Waals surface area contributed by atoms with Crippen LogP contribution in [0.4, 0.5) is 11.4 Å². The average molecular weight is 364 g/mol. The van der Waals surface area contributed by atoms with E-state index in [0.717, 1.165) is 35.3 Å². The number of hydrogen-bond acceptors (Lipinski definition) is 2. The Morgan fingerprint density at radius 3 is 1.57 bits per heavy atom. The van der Waals surface area contributed by atoms with Gasteiger partial charge in [0.25, 0.3) is 0 Å². The van der Waals surface area contributed by atoms with Crippen LogP contribution in [-0.2, 0) is 0 Å². The minimum atomic E-state index is 0.770. The Kier molecular flexibility index (Phi) is 6.04. The second-order valence-electron chi connectivity index (χ2n) is 7.06. The molecule has 0 unspecified atom stereocenters. The molecular formula is C26H24N2. The van der Waals surface area contributed by atoms with Gasteiger partial charge in [-0.3, -0.25) is 0 Å². The number of anilines is 2. The first-order valence-electron chi connectivity index (χ1n) is 9.58. The Morgan fingerprint density at radius 2 is 1.07 bits per heavy atom. The quantitative estimate of drug-likeness (QED) is 0.688. The zero-order valence-electron chi connectivity index (χ0n) is 15.8. The van der Waals surface area contributed by atoms with Gasteiger partial charge in [0.1, 0.15) is 0 Å². The molecule has 0 atom stereocenters. The summed E-state index contributed by atoms with van der Waals surface area (Å²) < 4.78 is 0. The molecule has 10 radical (unpaired) electrons. The molecule has 0 amide bonds. The Labute approximate surface area is 170 Å². The molecule has 2 aliphatic carbocycles. The molecule has 28 heavy (non-hydrogen) atoms. The summed E-state index contributed by atoms with van der Waals surface area (Å²) in [5, 5.41) is 0. The highest BCUT2D eigenvalue weighted by Gasteiger charge is 2.27. The van der Waals surface area contributed by atoms with Gasteiger partial charge in [-0.25, -0.2) is 0 Å². The van der Waals surface area contributed by atoms with Crippen LogP contribution in [0.5, 0.6) is 0 Å². The van der Waals surface area contributed by atoms with E-state index in [2.05, 4.69) is 75.6 Å². The number of benzene rings is 2. The summed E-state index contributed by atoms with van der Waals surface area (Å²) in [5.41, 5.74) is 18.3. The first-order valence-corrected chi connectivity index (χ1v) is 9.58. The summed E-state index contributed by atoms with van der Waals surface area (Å²) in [4.78, 5) is 0. The fraction of sp³-hybridized carbons (Fsp3) is 0.0769. The van der Waals surface area contributed by atoms with Gasteiger partial charge in [-0.05, 0) is 111 Å². The third-order valence-corrected chi connectivity index (χ3v) is 5.11. The average Bonchev–Trinajstić information content (AvgIpc) is 3.41. The first-order chi connectivity index (χ1) is 13.7. The molecule has 0 heterocycles. The van der Waals surface area contributed by atoms with Crippen molar-refractivity contribution in [3.05, 3.63) is 128 Å². The highest BCUT2D eigenvalue weighted by molar-refractivity contribution is 5.86. The Hall–Kier alpha value is -2.22. The highest BCUT2D eigenvalue weighted by Crippen LogP contribution is 2.42. The number of hydrogen-bond donors (Lipinski definition) is 2. The maximum atomic E-state index is 5.95. The van der Waals surface area contributed by atoms with Crippen LogP contribution in [0.25, 0.3) is 5.57 Å². The van der Waals surface area contributed by atoms with E-state index in [4.69, 9.17) is 11.5 Å². The largest absolute Gasteiger partial charge is 0.399 e. The summed E-state index contributed by atoms with van der Waals surface area (Å²) in [6.07, 6.45) is 19.1. The lowest BCUT2D eigenvalue weighted by molar-refractivity contribution is 0.863. The van der Waals surface area contributed by atoms with Crippen LogP contribution in [0.2, 0.25) is 0 Å². The van der Waals surface area contributed by atoms with E-state index in [1.54, 1.807) is 0 Å². The normalized spacial score (nSPS) is 17.9. The van der Waals surface area contributed by atoms with Crippen LogP contribution in [-0.4, -0.2) is 0 Å². The highest BCUT2D eigenvalue weighted by atomic mass is 14.5. The Morgan fingerprint density at radius 1 is 0.607 bits per heavy atom. The third kappa shape index (κ3) is 4.43. The van der Waals surface area contributed by atoms with Crippen molar-refractivity contribution >= 4 is 16.9 Å². The molecule has 4 rings (SSSR count). The standard InChI is InChI=1S/C26H24N2/c27-23-14-10-21(11-15-23)26(22-12-16-24(28)17-13-22)25(20-7-3-4-8-20)18-9-19-5-1-2-6-19/h1-8,10-17H,9,18,27-28H2. The van der Waals surface area contributed by atoms with Crippen molar-refractivity contribution in [2.24, 2.45) is 0 Å². The summed E-state index contributed by atoms with van der Waals surface area (Å²) in [7, 11) is 0. The maximum absolute atomic E-state index is 5.95. The predicted octanol–water partition coefficient (Wildman–Crippen LogP) is 5.24. The lowest BCUT2D eigenvalue weighted by atomic mass is 9.82. The van der Waals surface area contributed by atoms with Gasteiger partial charge in [0.2, 0.25) is 0 Å². The molecule has 2 fully saturated rings. The summed E-state index contributed by atoms with van der Waals surface area (Å²) in [5.74, 6) is 2.62. The van der Waals surface area contributed by atoms with Crippen LogP contribution >= 0.6 is 0 Å². The SMILES string of the molecule is Nc1ccc(C(=C(CC[C]2[CH][CH][CH][CH]2)[C]2[CH][CH][CH][CH]2)c2ccc(N)cc2)cc1. The van der Waals surface area contributed by atoms with Crippen LogP contribution in [0.3, 0.4) is 0 Å². The molecule has 2 nitrogen and oxygen atoms in total. The van der Waals surface area contributed by atoms with Crippen molar-refractivity contribution < 1.29 is 0 Å². The van der Waals surface area contributed by atoms with Gasteiger partial charge in [0.15, 0.2) is 0 Å². The zero-order chi connectivity index (χ0) is 19.3. The molecule has 138 valence electrons. The van der Waals surface area contributed by atoms with E-state index in [-0.39, 0.29) is 0 Å². The minimum absolute atomic E-state index is 0.770. The van der Waals surface area contributed by atoms with Crippen molar-refractivity contribution in [1.82, 2.24) is 0 Å². The molecule has 2 heteroatoms. The van der Waals surface area contributed by atoms with Crippen molar-refractivity contribution in [1.29, 1.82) is 0 Å². The van der Waals surface area contributed by atoms with E-state index in [1.807, 2.05) is 24.3 Å². The second-order valence-corrected chi connectivity index (χ2v) is 7.06. The number of allylic oxidation sites excluding steroid dienone is 1. The van der Waals surface area contributed by atoms with Crippen molar-refractivity contribution in [2.75, 3.05) is 11.5 Å². The molecule has 0 bridgehead atoms. The predicted molar refractivity (Wildman–Crippen MR) is 118 cm³/mol. The molecular weight excluding hydrogens is 340 g/mol. The van der Waals surface area contributed by atoms with Crippen molar-refractivity contribution in [2.45, 2.75) is 12.8 Å². The molecule has 0 saturated heterocycles. The van der Waals surface area contributed by atoms with Gasteiger partial charge in [-0.2, -0.15) is 0 Å². The van der Waals surface area contributed by atoms with E-state index in [0.29, 0.717) is 0 Å². The molecule has 0 aliphatic heterocycles. The number of rotatable bonds is 6. The molecule has 2 saturated carbocycles. The molecule has 2 aliphatic rings. The van der Waals surface area contributed by atoms with Crippen molar-refractivity contribution in [3.8, 4) is 0 Å². The van der Waals surface area contributed by atoms with Gasteiger partial charge in [0, 0.05) is 17.3 Å². The molecule has 2 aromatic rings. The monoisotopic (exact) mass is 364 g/mol. The Balaban J connectivity index is 1.77. The van der Waals surface area contributed by atoms with Crippen LogP contribution in [0.1, 0.15) is 24.0 Å². The number of nitrogens with two attached hydrogens (primary N) is 2. The minimum Gasteiger partial charge on any atom is -0.399 e. The molecule has 4 N–H and O–H groups in total. The van der Waals surface area contributed by atoms with Gasteiger partial charge in [-0.1, -0.05) is 29.8 Å². The lowest BCUT2D eigenvalue weighted by Gasteiger charge is -2.22.